The minimum absolute atomic E-state index is 0.0439. The molecule has 0 aromatic rings. The predicted molar refractivity (Wildman–Crippen MR) is 292 cm³/mol. The summed E-state index contributed by atoms with van der Waals surface area (Å²) in [6.45, 7) is 6.47. The van der Waals surface area contributed by atoms with Gasteiger partial charge in [0.15, 0.2) is 0 Å². The van der Waals surface area contributed by atoms with Crippen LogP contribution in [0.4, 0.5) is 0 Å². The summed E-state index contributed by atoms with van der Waals surface area (Å²) in [5.74, 6) is -0.532. The number of hydrogen-bond acceptors (Lipinski definition) is 5. The first-order chi connectivity index (χ1) is 33.0. The lowest BCUT2D eigenvalue weighted by molar-refractivity contribution is -0.151. The summed E-state index contributed by atoms with van der Waals surface area (Å²) in [4.78, 5) is 26.3. The monoisotopic (exact) mass is 938 g/mol. The van der Waals surface area contributed by atoms with Gasteiger partial charge in [-0.05, 0) is 77.0 Å². The molecule has 3 atom stereocenters. The molecule has 0 saturated carbocycles. The number of carbonyl (C=O) groups excluding carboxylic acids is 2. The van der Waals surface area contributed by atoms with Gasteiger partial charge >= 0.3 is 5.97 Å². The van der Waals surface area contributed by atoms with Gasteiger partial charge in [-0.25, -0.2) is 0 Å². The van der Waals surface area contributed by atoms with Gasteiger partial charge in [-0.2, -0.15) is 0 Å². The Kier molecular flexibility index (Phi) is 52.5. The molecule has 0 bridgehead atoms. The maximum absolute atomic E-state index is 13.3. The van der Waals surface area contributed by atoms with Crippen molar-refractivity contribution in [3.63, 3.8) is 0 Å². The van der Waals surface area contributed by atoms with Gasteiger partial charge < -0.3 is 20.3 Å². The molecule has 0 aliphatic rings. The second-order valence-corrected chi connectivity index (χ2v) is 19.8. The van der Waals surface area contributed by atoms with Crippen LogP contribution in [0.25, 0.3) is 0 Å². The maximum atomic E-state index is 13.3. The highest BCUT2D eigenvalue weighted by atomic mass is 16.5. The summed E-state index contributed by atoms with van der Waals surface area (Å²) in [6, 6.07) is -0.721. The Morgan fingerprint density at radius 1 is 0.433 bits per heavy atom. The molecule has 0 rings (SSSR count). The van der Waals surface area contributed by atoms with Crippen molar-refractivity contribution in [3.05, 3.63) is 60.8 Å². The van der Waals surface area contributed by atoms with E-state index >= 15 is 0 Å². The van der Waals surface area contributed by atoms with Crippen LogP contribution in [0.15, 0.2) is 60.8 Å². The predicted octanol–water partition coefficient (Wildman–Crippen LogP) is 18.0. The van der Waals surface area contributed by atoms with E-state index in [2.05, 4.69) is 86.8 Å². The molecule has 0 aromatic heterocycles. The number of esters is 1. The average Bonchev–Trinajstić information content (AvgIpc) is 3.32. The summed E-state index contributed by atoms with van der Waals surface area (Å²) < 4.78 is 5.93. The number of allylic oxidation sites excluding steroid dienone is 10. The van der Waals surface area contributed by atoms with Crippen LogP contribution in [-0.2, 0) is 14.3 Å². The molecule has 0 saturated heterocycles. The molecule has 1 amide bonds. The van der Waals surface area contributed by atoms with Crippen LogP contribution in [0.5, 0.6) is 0 Å². The van der Waals surface area contributed by atoms with Crippen LogP contribution < -0.4 is 5.32 Å². The van der Waals surface area contributed by atoms with Gasteiger partial charge in [-0.15, -0.1) is 0 Å². The highest BCUT2D eigenvalue weighted by Gasteiger charge is 2.24. The number of carbonyl (C=O) groups is 2. The smallest absolute Gasteiger partial charge is 0.306 e. The Hall–Kier alpha value is -2.44. The molecule has 390 valence electrons. The summed E-state index contributed by atoms with van der Waals surface area (Å²) in [6.07, 6.45) is 68.5. The third kappa shape index (κ3) is 49.8. The fourth-order valence-electron chi connectivity index (χ4n) is 8.72. The van der Waals surface area contributed by atoms with Crippen LogP contribution >= 0.6 is 0 Å². The number of aliphatic hydroxyl groups is 2. The van der Waals surface area contributed by atoms with Crippen LogP contribution in [0.1, 0.15) is 290 Å². The first-order valence-corrected chi connectivity index (χ1v) is 29.1. The molecule has 0 radical (unpaired) electrons. The molecule has 0 aliphatic heterocycles. The summed E-state index contributed by atoms with van der Waals surface area (Å²) in [5.41, 5.74) is 0. The van der Waals surface area contributed by atoms with Crippen molar-refractivity contribution in [1.82, 2.24) is 5.32 Å². The van der Waals surface area contributed by atoms with Crippen molar-refractivity contribution in [1.29, 1.82) is 0 Å². The standard InChI is InChI=1S/C61H111NO5/c1-4-7-10-13-16-19-22-25-28-31-34-37-40-43-46-49-52-57(67-61(66)54-51-48-45-42-39-36-33-30-27-24-21-18-15-12-9-6-3)55-60(65)62-58(56-63)59(64)53-50-47-44-41-38-35-32-29-26-23-20-17-14-11-8-5-2/h22,25,28,30-31,33-34,36-37,39,57-59,63-64H,4-21,23-24,26-27,29,32,35,38,40-56H2,1-3H3,(H,62,65)/b25-22+,31-28+,33-30+,37-34+,39-36+. The van der Waals surface area contributed by atoms with Crippen molar-refractivity contribution in [2.45, 2.75) is 309 Å². The Bertz CT molecular complexity index is 1190. The third-order valence-electron chi connectivity index (χ3n) is 13.2. The van der Waals surface area contributed by atoms with Crippen LogP contribution in [-0.4, -0.2) is 46.9 Å². The van der Waals surface area contributed by atoms with Gasteiger partial charge in [0.2, 0.25) is 5.91 Å². The SMILES string of the molecule is CCCCCCC/C=C/C=C/C=C/CCCCCC(CC(=O)NC(CO)C(O)CCCCCCCCCCCCCCCCCC)OC(=O)CCCCC/C=C/C=C/CCCCCCCCC. The van der Waals surface area contributed by atoms with Crippen molar-refractivity contribution in [2.75, 3.05) is 6.61 Å². The highest BCUT2D eigenvalue weighted by molar-refractivity contribution is 5.77. The average molecular weight is 939 g/mol. The zero-order valence-corrected chi connectivity index (χ0v) is 44.5. The molecule has 0 aliphatic carbocycles. The molecule has 0 heterocycles. The zero-order chi connectivity index (χ0) is 48.8. The van der Waals surface area contributed by atoms with E-state index in [1.54, 1.807) is 0 Å². The highest BCUT2D eigenvalue weighted by Crippen LogP contribution is 2.18. The van der Waals surface area contributed by atoms with Gasteiger partial charge in [0, 0.05) is 6.42 Å². The van der Waals surface area contributed by atoms with E-state index in [1.165, 1.54) is 161 Å². The number of hydrogen-bond donors (Lipinski definition) is 3. The van der Waals surface area contributed by atoms with Crippen LogP contribution in [0.2, 0.25) is 0 Å². The Balaban J connectivity index is 4.65. The maximum Gasteiger partial charge on any atom is 0.306 e. The summed E-state index contributed by atoms with van der Waals surface area (Å²) in [5, 5.41) is 23.9. The van der Waals surface area contributed by atoms with Gasteiger partial charge in [-0.3, -0.25) is 9.59 Å². The molecule has 67 heavy (non-hydrogen) atoms. The van der Waals surface area contributed by atoms with E-state index < -0.39 is 18.2 Å². The second kappa shape index (κ2) is 54.5. The minimum atomic E-state index is -0.804. The molecule has 6 nitrogen and oxygen atoms in total. The number of nitrogens with one attached hydrogen (secondary N) is 1. The largest absolute Gasteiger partial charge is 0.462 e. The van der Waals surface area contributed by atoms with Crippen molar-refractivity contribution in [3.8, 4) is 0 Å². The van der Waals surface area contributed by atoms with E-state index in [0.717, 1.165) is 83.5 Å². The van der Waals surface area contributed by atoms with Crippen molar-refractivity contribution < 1.29 is 24.5 Å². The van der Waals surface area contributed by atoms with Gasteiger partial charge in [0.05, 0.1) is 25.2 Å². The fourth-order valence-corrected chi connectivity index (χ4v) is 8.72. The number of aliphatic hydroxyl groups excluding tert-OH is 2. The van der Waals surface area contributed by atoms with Crippen molar-refractivity contribution >= 4 is 11.9 Å². The molecular formula is C61H111NO5. The molecule has 6 heteroatoms. The van der Waals surface area contributed by atoms with E-state index in [1.807, 2.05) is 0 Å². The first kappa shape index (κ1) is 64.6. The Morgan fingerprint density at radius 3 is 1.16 bits per heavy atom. The van der Waals surface area contributed by atoms with Gasteiger partial charge in [0.1, 0.15) is 6.10 Å². The lowest BCUT2D eigenvalue weighted by Crippen LogP contribution is -2.46. The number of ether oxygens (including phenoxy) is 1. The molecule has 3 unspecified atom stereocenters. The van der Waals surface area contributed by atoms with Crippen molar-refractivity contribution in [2.24, 2.45) is 0 Å². The topological polar surface area (TPSA) is 95.9 Å². The van der Waals surface area contributed by atoms with Gasteiger partial charge in [-0.1, -0.05) is 261 Å². The van der Waals surface area contributed by atoms with E-state index in [-0.39, 0.29) is 24.9 Å². The zero-order valence-electron chi connectivity index (χ0n) is 44.5. The number of amides is 1. The molecule has 0 spiro atoms. The van der Waals surface area contributed by atoms with Crippen LogP contribution in [0.3, 0.4) is 0 Å². The normalized spacial score (nSPS) is 13.6. The van der Waals surface area contributed by atoms with E-state index in [0.29, 0.717) is 19.3 Å². The minimum Gasteiger partial charge on any atom is -0.462 e. The lowest BCUT2D eigenvalue weighted by Gasteiger charge is -2.24. The lowest BCUT2D eigenvalue weighted by atomic mass is 10.0. The van der Waals surface area contributed by atoms with E-state index in [9.17, 15) is 19.8 Å². The second-order valence-electron chi connectivity index (χ2n) is 19.8. The summed E-state index contributed by atoms with van der Waals surface area (Å²) in [7, 11) is 0. The number of rotatable bonds is 52. The quantitative estimate of drug-likeness (QED) is 0.0321. The molecule has 3 N–H and O–H groups in total. The first-order valence-electron chi connectivity index (χ1n) is 29.1. The molecule has 0 aromatic carbocycles. The van der Waals surface area contributed by atoms with E-state index in [4.69, 9.17) is 4.74 Å². The number of unbranched alkanes of at least 4 members (excludes halogenated alkanes) is 33. The van der Waals surface area contributed by atoms with Gasteiger partial charge in [0.25, 0.3) is 0 Å². The Labute approximate surface area is 416 Å². The molecule has 0 fully saturated rings. The Morgan fingerprint density at radius 2 is 0.761 bits per heavy atom. The van der Waals surface area contributed by atoms with Crippen LogP contribution in [0, 0.1) is 0 Å². The summed E-state index contributed by atoms with van der Waals surface area (Å²) >= 11 is 0. The fraction of sp³-hybridized carbons (Fsp3) is 0.803. The third-order valence-corrected chi connectivity index (χ3v) is 13.2. The molecular weight excluding hydrogens is 827 g/mol.